The molecule has 0 aliphatic rings. The van der Waals surface area contributed by atoms with E-state index < -0.39 is 5.91 Å². The summed E-state index contributed by atoms with van der Waals surface area (Å²) >= 11 is 0. The molecule has 0 spiro atoms. The van der Waals surface area contributed by atoms with Gasteiger partial charge in [0.05, 0.1) is 0 Å². The maximum Gasteiger partial charge on any atom is 0.240 e. The summed E-state index contributed by atoms with van der Waals surface area (Å²) in [6.45, 7) is 4.28. The Kier molecular flexibility index (Phi) is 25.6. The topological polar surface area (TPSA) is 95.1 Å². The zero-order valence-electron chi connectivity index (χ0n) is 5.75. The second kappa shape index (κ2) is 15.8. The smallest absolute Gasteiger partial charge is 0.240 e. The van der Waals surface area contributed by atoms with Gasteiger partial charge in [-0.3, -0.25) is 4.79 Å². The normalized spacial score (nSPS) is 6.20. The van der Waals surface area contributed by atoms with Crippen LogP contribution in [0.2, 0.25) is 0 Å². The molecule has 0 unspecified atom stereocenters. The van der Waals surface area contributed by atoms with E-state index in [0.717, 1.165) is 6.08 Å². The Morgan fingerprint density at radius 3 is 1.60 bits per heavy atom. The molecule has 0 radical (unpaired) electrons. The molecule has 6 N–H and O–H groups in total. The summed E-state index contributed by atoms with van der Waals surface area (Å²) in [6.07, 6.45) is 1.06. The lowest BCUT2D eigenvalue weighted by atomic mass is 10.6. The molecule has 62 valence electrons. The van der Waals surface area contributed by atoms with Crippen LogP contribution in [-0.4, -0.2) is 19.0 Å². The van der Waals surface area contributed by atoms with E-state index in [4.69, 9.17) is 11.5 Å². The Morgan fingerprint density at radius 2 is 1.60 bits per heavy atom. The van der Waals surface area contributed by atoms with Crippen LogP contribution in [-0.2, 0) is 4.79 Å². The van der Waals surface area contributed by atoms with Crippen LogP contribution in [0, 0.1) is 0 Å². The second-order valence-corrected chi connectivity index (χ2v) is 1.18. The van der Waals surface area contributed by atoms with Gasteiger partial charge in [0.2, 0.25) is 5.91 Å². The van der Waals surface area contributed by atoms with Gasteiger partial charge < -0.3 is 17.2 Å². The lowest BCUT2D eigenvalue weighted by molar-refractivity contribution is -0.113. The van der Waals surface area contributed by atoms with E-state index in [0.29, 0.717) is 13.1 Å². The SMILES string of the molecule is C=CC(N)=O.Cl.NCCN. The largest absolute Gasteiger partial charge is 0.366 e. The van der Waals surface area contributed by atoms with Crippen molar-refractivity contribution in [2.24, 2.45) is 17.2 Å². The van der Waals surface area contributed by atoms with Gasteiger partial charge >= 0.3 is 0 Å². The Balaban J connectivity index is -0.0000000910. The third kappa shape index (κ3) is 52.2. The molecule has 0 atom stereocenters. The summed E-state index contributed by atoms with van der Waals surface area (Å²) in [5.74, 6) is -0.481. The number of amides is 1. The van der Waals surface area contributed by atoms with E-state index in [2.05, 4.69) is 12.3 Å². The minimum atomic E-state index is -0.481. The van der Waals surface area contributed by atoms with Gasteiger partial charge in [-0.25, -0.2) is 0 Å². The van der Waals surface area contributed by atoms with Crippen LogP contribution in [0.3, 0.4) is 0 Å². The quantitative estimate of drug-likeness (QED) is 0.460. The highest BCUT2D eigenvalue weighted by atomic mass is 35.5. The Hall–Kier alpha value is -0.580. The number of carbonyl (C=O) groups is 1. The summed E-state index contributed by atoms with van der Waals surface area (Å²) < 4.78 is 0. The first-order valence-electron chi connectivity index (χ1n) is 2.51. The minimum absolute atomic E-state index is 0. The highest BCUT2D eigenvalue weighted by Crippen LogP contribution is 1.48. The van der Waals surface area contributed by atoms with Crippen LogP contribution in [0.15, 0.2) is 12.7 Å². The van der Waals surface area contributed by atoms with Crippen molar-refractivity contribution in [3.63, 3.8) is 0 Å². The van der Waals surface area contributed by atoms with Crippen molar-refractivity contribution in [2.75, 3.05) is 13.1 Å². The van der Waals surface area contributed by atoms with Crippen LogP contribution in [0.4, 0.5) is 0 Å². The van der Waals surface area contributed by atoms with Gasteiger partial charge in [-0.1, -0.05) is 6.58 Å². The van der Waals surface area contributed by atoms with E-state index >= 15 is 0 Å². The monoisotopic (exact) mass is 167 g/mol. The number of carbonyl (C=O) groups excluding carboxylic acids is 1. The number of rotatable bonds is 2. The van der Waals surface area contributed by atoms with E-state index in [-0.39, 0.29) is 12.4 Å². The molecule has 0 saturated carbocycles. The zero-order valence-corrected chi connectivity index (χ0v) is 6.56. The minimum Gasteiger partial charge on any atom is -0.366 e. The van der Waals surface area contributed by atoms with Crippen molar-refractivity contribution in [1.82, 2.24) is 0 Å². The van der Waals surface area contributed by atoms with Gasteiger partial charge in [-0.15, -0.1) is 12.4 Å². The second-order valence-electron chi connectivity index (χ2n) is 1.18. The molecule has 0 saturated heterocycles. The van der Waals surface area contributed by atoms with E-state index in [1.54, 1.807) is 0 Å². The van der Waals surface area contributed by atoms with Gasteiger partial charge in [-0.05, 0) is 6.08 Å². The lowest BCUT2D eigenvalue weighted by Crippen LogP contribution is -2.11. The molecule has 0 bridgehead atoms. The summed E-state index contributed by atoms with van der Waals surface area (Å²) in [5.41, 5.74) is 14.3. The number of primary amides is 1. The highest BCUT2D eigenvalue weighted by molar-refractivity contribution is 5.85. The third-order valence-corrected chi connectivity index (χ3v) is 0.368. The van der Waals surface area contributed by atoms with E-state index in [1.165, 1.54) is 0 Å². The Bertz CT molecular complexity index is 85.0. The summed E-state index contributed by atoms with van der Waals surface area (Å²) in [4.78, 5) is 9.47. The molecule has 0 heterocycles. The van der Waals surface area contributed by atoms with Gasteiger partial charge in [0.25, 0.3) is 0 Å². The first-order chi connectivity index (χ1) is 4.18. The maximum absolute atomic E-state index is 9.47. The molecule has 0 fully saturated rings. The Morgan fingerprint density at radius 1 is 1.40 bits per heavy atom. The maximum atomic E-state index is 9.47. The van der Waals surface area contributed by atoms with Crippen molar-refractivity contribution in [3.05, 3.63) is 12.7 Å². The molecular weight excluding hydrogens is 154 g/mol. The first kappa shape index (κ1) is 16.2. The molecule has 0 aromatic carbocycles. The number of nitrogens with two attached hydrogens (primary N) is 3. The fourth-order valence-corrected chi connectivity index (χ4v) is 0. The molecular formula is C5H14ClN3O. The first-order valence-corrected chi connectivity index (χ1v) is 2.51. The zero-order chi connectivity index (χ0) is 7.70. The third-order valence-electron chi connectivity index (χ3n) is 0.368. The Labute approximate surface area is 66.8 Å². The van der Waals surface area contributed by atoms with Crippen LogP contribution < -0.4 is 17.2 Å². The van der Waals surface area contributed by atoms with Gasteiger partial charge in [-0.2, -0.15) is 0 Å². The molecule has 0 rings (SSSR count). The van der Waals surface area contributed by atoms with E-state index in [9.17, 15) is 4.79 Å². The predicted molar refractivity (Wildman–Crippen MR) is 44.7 cm³/mol. The highest BCUT2D eigenvalue weighted by Gasteiger charge is 1.69. The van der Waals surface area contributed by atoms with Crippen LogP contribution in [0.1, 0.15) is 0 Å². The van der Waals surface area contributed by atoms with Crippen molar-refractivity contribution in [1.29, 1.82) is 0 Å². The standard InChI is InChI=1S/C3H5NO.C2H8N2.ClH/c1-2-3(4)5;3-1-2-4;/h2H,1H2,(H2,4,5);1-4H2;1H. The molecule has 1 amide bonds. The lowest BCUT2D eigenvalue weighted by Gasteiger charge is -1.72. The fourth-order valence-electron chi connectivity index (χ4n) is 0. The van der Waals surface area contributed by atoms with Crippen LogP contribution in [0.5, 0.6) is 0 Å². The van der Waals surface area contributed by atoms with Gasteiger partial charge in [0, 0.05) is 13.1 Å². The summed E-state index contributed by atoms with van der Waals surface area (Å²) in [6, 6.07) is 0. The molecule has 0 aromatic rings. The number of halogens is 1. The summed E-state index contributed by atoms with van der Waals surface area (Å²) in [5, 5.41) is 0. The van der Waals surface area contributed by atoms with Crippen LogP contribution >= 0.6 is 12.4 Å². The van der Waals surface area contributed by atoms with Crippen molar-refractivity contribution in [2.45, 2.75) is 0 Å². The van der Waals surface area contributed by atoms with Crippen molar-refractivity contribution < 1.29 is 4.79 Å². The molecule has 10 heavy (non-hydrogen) atoms. The number of hydrogen-bond acceptors (Lipinski definition) is 3. The van der Waals surface area contributed by atoms with Crippen molar-refractivity contribution >= 4 is 18.3 Å². The van der Waals surface area contributed by atoms with Crippen LogP contribution in [0.25, 0.3) is 0 Å². The average Bonchev–Trinajstić information content (AvgIpc) is 1.89. The molecule has 0 aromatic heterocycles. The predicted octanol–water partition coefficient (Wildman–Crippen LogP) is -1.02. The fraction of sp³-hybridized carbons (Fsp3) is 0.400. The molecule has 0 aliphatic heterocycles. The average molecular weight is 168 g/mol. The van der Waals surface area contributed by atoms with Crippen molar-refractivity contribution in [3.8, 4) is 0 Å². The summed E-state index contributed by atoms with van der Waals surface area (Å²) in [7, 11) is 0. The number of hydrogen-bond donors (Lipinski definition) is 3. The van der Waals surface area contributed by atoms with Gasteiger partial charge in [0.15, 0.2) is 0 Å². The molecule has 5 heteroatoms. The molecule has 4 nitrogen and oxygen atoms in total. The van der Waals surface area contributed by atoms with E-state index in [1.807, 2.05) is 0 Å². The van der Waals surface area contributed by atoms with Gasteiger partial charge in [0.1, 0.15) is 0 Å². The molecule has 0 aliphatic carbocycles.